The Kier molecular flexibility index (Phi) is 6.74. The molecule has 2 aliphatic carbocycles. The standard InChI is InChI=1S/C40H39FN6O/c1-21-15-30-31(18-29(21)28-10-5-8-24-7-4-9-26(19-42)34(24)28)45-37(25-12-13-43-22(2)16-25)35-36(41)40(33-11-6-14-46(33)23(3)48)47(39(30)35)38-27-17-32(38)44-20-27/h5,8,10,12-13,15-16,18,26-27,32-33,38,44H,4,6-7,9,11,14,17,20H2,1-3H3/t26?,27-,32-,33-,38+/m1/s1. The minimum atomic E-state index is -0.323. The van der Waals surface area contributed by atoms with Crippen LogP contribution < -0.4 is 5.32 Å². The molecule has 242 valence electrons. The van der Waals surface area contributed by atoms with E-state index in [1.807, 2.05) is 24.0 Å². The average molecular weight is 639 g/mol. The minimum absolute atomic E-state index is 0.0151. The van der Waals surface area contributed by atoms with Crippen molar-refractivity contribution in [2.75, 3.05) is 13.1 Å². The molecule has 48 heavy (non-hydrogen) atoms. The van der Waals surface area contributed by atoms with Crippen molar-refractivity contribution in [1.82, 2.24) is 24.8 Å². The number of hydrogen-bond donors (Lipinski definition) is 1. The maximum atomic E-state index is 17.6. The number of hydrogen-bond acceptors (Lipinski definition) is 5. The van der Waals surface area contributed by atoms with Crippen molar-refractivity contribution in [2.24, 2.45) is 5.92 Å². The highest BCUT2D eigenvalue weighted by Crippen LogP contribution is 2.52. The molecule has 2 bridgehead atoms. The van der Waals surface area contributed by atoms with Gasteiger partial charge in [-0.25, -0.2) is 9.37 Å². The van der Waals surface area contributed by atoms with Gasteiger partial charge in [0.05, 0.1) is 51.9 Å². The number of pyridine rings is 2. The van der Waals surface area contributed by atoms with Gasteiger partial charge in [0.2, 0.25) is 5.91 Å². The first-order valence-electron chi connectivity index (χ1n) is 17.5. The molecule has 7 nitrogen and oxygen atoms in total. The molecule has 3 saturated heterocycles. The van der Waals surface area contributed by atoms with Gasteiger partial charge in [0.25, 0.3) is 0 Å². The number of nitriles is 1. The molecule has 3 aliphatic heterocycles. The first-order chi connectivity index (χ1) is 23.3. The molecule has 5 atom stereocenters. The van der Waals surface area contributed by atoms with Gasteiger partial charge in [-0.15, -0.1) is 0 Å². The molecule has 8 heteroatoms. The highest BCUT2D eigenvalue weighted by atomic mass is 19.1. The van der Waals surface area contributed by atoms with Crippen LogP contribution in [0.1, 0.15) is 85.1 Å². The average Bonchev–Trinajstić information content (AvgIpc) is 3.89. The summed E-state index contributed by atoms with van der Waals surface area (Å²) in [6, 6.07) is 17.3. The van der Waals surface area contributed by atoms with Crippen molar-refractivity contribution < 1.29 is 9.18 Å². The Morgan fingerprint density at radius 3 is 2.73 bits per heavy atom. The number of halogens is 1. The lowest BCUT2D eigenvalue weighted by molar-refractivity contribution is -0.129. The molecule has 0 radical (unpaired) electrons. The molecular formula is C40H39FN6O. The first kappa shape index (κ1) is 29.5. The van der Waals surface area contributed by atoms with Crippen LogP contribution in [0.3, 0.4) is 0 Å². The Hall–Kier alpha value is -4.61. The van der Waals surface area contributed by atoms with Crippen LogP contribution in [0.4, 0.5) is 4.39 Å². The highest BCUT2D eigenvalue weighted by molar-refractivity contribution is 6.11. The van der Waals surface area contributed by atoms with Gasteiger partial charge in [-0.3, -0.25) is 9.78 Å². The molecule has 10 rings (SSSR count). The van der Waals surface area contributed by atoms with Gasteiger partial charge in [-0.1, -0.05) is 18.2 Å². The smallest absolute Gasteiger partial charge is 0.220 e. The van der Waals surface area contributed by atoms with Crippen molar-refractivity contribution in [3.8, 4) is 28.5 Å². The Morgan fingerprint density at radius 2 is 1.98 bits per heavy atom. The lowest BCUT2D eigenvalue weighted by atomic mass is 9.78. The SMILES string of the molecule is CC(=O)N1CCC[C@@H]1c1c(F)c2c(-c3ccnc(C)c3)nc3cc(-c4cccc5c4C(C#N)CCC5)c(C)cc3c2n1[C@H]1[C@H]2CN[C@@H]1C2. The third kappa shape index (κ3) is 4.23. The fourth-order valence-electron chi connectivity index (χ4n) is 9.54. The topological polar surface area (TPSA) is 86.8 Å². The van der Waals surface area contributed by atoms with Crippen LogP contribution in [-0.2, 0) is 11.2 Å². The van der Waals surface area contributed by atoms with E-state index in [-0.39, 0.29) is 35.8 Å². The number of likely N-dealkylation sites (tertiary alicyclic amines) is 1. The second kappa shape index (κ2) is 11.0. The molecule has 0 spiro atoms. The number of aromatic nitrogens is 3. The van der Waals surface area contributed by atoms with E-state index in [0.717, 1.165) is 95.0 Å². The summed E-state index contributed by atoms with van der Waals surface area (Å²) in [4.78, 5) is 24.5. The number of carbonyl (C=O) groups excluding carboxylic acids is 1. The Balaban J connectivity index is 1.39. The maximum Gasteiger partial charge on any atom is 0.220 e. The van der Waals surface area contributed by atoms with Crippen LogP contribution in [0.2, 0.25) is 0 Å². The maximum absolute atomic E-state index is 17.6. The minimum Gasteiger partial charge on any atom is -0.334 e. The predicted molar refractivity (Wildman–Crippen MR) is 185 cm³/mol. The quantitative estimate of drug-likeness (QED) is 0.217. The van der Waals surface area contributed by atoms with Crippen LogP contribution in [-0.4, -0.2) is 44.5 Å². The van der Waals surface area contributed by atoms with Crippen LogP contribution in [0, 0.1) is 36.9 Å². The fourth-order valence-corrected chi connectivity index (χ4v) is 9.54. The van der Waals surface area contributed by atoms with Gasteiger partial charge >= 0.3 is 0 Å². The Morgan fingerprint density at radius 1 is 1.10 bits per heavy atom. The zero-order valence-corrected chi connectivity index (χ0v) is 27.7. The normalized spacial score (nSPS) is 24.6. The lowest BCUT2D eigenvalue weighted by Gasteiger charge is -2.39. The molecule has 4 fully saturated rings. The molecule has 5 aliphatic rings. The van der Waals surface area contributed by atoms with Crippen molar-refractivity contribution in [3.05, 3.63) is 82.6 Å². The summed E-state index contributed by atoms with van der Waals surface area (Å²) in [6.45, 7) is 7.22. The highest BCUT2D eigenvalue weighted by Gasteiger charge is 2.51. The Bertz CT molecular complexity index is 2200. The monoisotopic (exact) mass is 638 g/mol. The van der Waals surface area contributed by atoms with E-state index in [1.54, 1.807) is 13.1 Å². The number of benzene rings is 2. The summed E-state index contributed by atoms with van der Waals surface area (Å²) in [5.41, 5.74) is 10.2. The van der Waals surface area contributed by atoms with Crippen molar-refractivity contribution in [3.63, 3.8) is 0 Å². The van der Waals surface area contributed by atoms with Gasteiger partial charge in [-0.05, 0) is 110 Å². The molecule has 5 aromatic rings. The van der Waals surface area contributed by atoms with E-state index in [9.17, 15) is 10.1 Å². The predicted octanol–water partition coefficient (Wildman–Crippen LogP) is 7.83. The van der Waals surface area contributed by atoms with Crippen LogP contribution in [0.5, 0.6) is 0 Å². The van der Waals surface area contributed by atoms with Crippen molar-refractivity contribution in [2.45, 2.75) is 83.3 Å². The Labute approximate surface area is 279 Å². The molecule has 1 unspecified atom stereocenters. The second-order valence-electron chi connectivity index (χ2n) is 14.4. The summed E-state index contributed by atoms with van der Waals surface area (Å²) < 4.78 is 19.9. The first-order valence-corrected chi connectivity index (χ1v) is 17.5. The van der Waals surface area contributed by atoms with E-state index >= 15 is 4.39 Å². The van der Waals surface area contributed by atoms with Gasteiger partial charge < -0.3 is 14.8 Å². The molecule has 2 aromatic carbocycles. The van der Waals surface area contributed by atoms with E-state index in [0.29, 0.717) is 29.2 Å². The number of nitrogens with one attached hydrogen (secondary N) is 1. The number of fused-ring (bicyclic) bond motifs is 5. The van der Waals surface area contributed by atoms with E-state index in [2.05, 4.69) is 58.2 Å². The molecule has 1 N–H and O–H groups in total. The molecular weight excluding hydrogens is 599 g/mol. The molecule has 3 aromatic heterocycles. The van der Waals surface area contributed by atoms with Crippen LogP contribution in [0.25, 0.3) is 44.2 Å². The zero-order chi connectivity index (χ0) is 32.8. The fraction of sp³-hybridized carbons (Fsp3) is 0.400. The van der Waals surface area contributed by atoms with Gasteiger partial charge in [0, 0.05) is 48.9 Å². The third-order valence-corrected chi connectivity index (χ3v) is 11.7. The van der Waals surface area contributed by atoms with E-state index in [1.165, 1.54) is 5.56 Å². The number of nitrogens with zero attached hydrogens (tertiary/aromatic N) is 5. The summed E-state index contributed by atoms with van der Waals surface area (Å²) in [5, 5.41) is 15.3. The summed E-state index contributed by atoms with van der Waals surface area (Å²) in [6.07, 6.45) is 7.29. The zero-order valence-electron chi connectivity index (χ0n) is 27.7. The van der Waals surface area contributed by atoms with E-state index in [4.69, 9.17) is 4.98 Å². The summed E-state index contributed by atoms with van der Waals surface area (Å²) in [5.74, 6) is -0.00962. The number of amides is 1. The largest absolute Gasteiger partial charge is 0.334 e. The number of rotatable bonds is 4. The van der Waals surface area contributed by atoms with Gasteiger partial charge in [0.15, 0.2) is 5.82 Å². The van der Waals surface area contributed by atoms with Crippen molar-refractivity contribution in [1.29, 1.82) is 5.26 Å². The van der Waals surface area contributed by atoms with Gasteiger partial charge in [0.1, 0.15) is 0 Å². The van der Waals surface area contributed by atoms with Crippen molar-refractivity contribution >= 4 is 27.7 Å². The number of aryl methyl sites for hydroxylation is 3. The summed E-state index contributed by atoms with van der Waals surface area (Å²) >= 11 is 0. The van der Waals surface area contributed by atoms with Crippen LogP contribution >= 0.6 is 0 Å². The van der Waals surface area contributed by atoms with Crippen LogP contribution in [0.15, 0.2) is 48.7 Å². The summed E-state index contributed by atoms with van der Waals surface area (Å²) in [7, 11) is 0. The molecule has 1 amide bonds. The molecule has 1 saturated carbocycles. The van der Waals surface area contributed by atoms with E-state index < -0.39 is 0 Å². The second-order valence-corrected chi connectivity index (χ2v) is 14.4. The number of carbonyl (C=O) groups is 1. The molecule has 6 heterocycles. The third-order valence-electron chi connectivity index (χ3n) is 11.7. The van der Waals surface area contributed by atoms with Gasteiger partial charge in [-0.2, -0.15) is 5.26 Å². The lowest BCUT2D eigenvalue weighted by Crippen LogP contribution is -2.41.